The average molecular weight is 479 g/mol. The maximum absolute atomic E-state index is 12.4. The molecule has 3 N–H and O–H groups in total. The smallest absolute Gasteiger partial charge is 0.325 e. The zero-order valence-corrected chi connectivity index (χ0v) is 18.8. The molecule has 0 saturated carbocycles. The normalized spacial score (nSPS) is 10.3. The van der Waals surface area contributed by atoms with Crippen LogP contribution in [0.1, 0.15) is 5.69 Å². The zero-order chi connectivity index (χ0) is 23.0. The summed E-state index contributed by atoms with van der Waals surface area (Å²) < 4.78 is 5.74. The molecular weight excluding hydrogens is 460 g/mol. The zero-order valence-electron chi connectivity index (χ0n) is 17.2. The average Bonchev–Trinajstić information content (AvgIpc) is 3.23. The Bertz CT molecular complexity index is 1230. The molecule has 0 aliphatic carbocycles. The van der Waals surface area contributed by atoms with Gasteiger partial charge in [0.25, 0.3) is 0 Å². The Labute approximate surface area is 199 Å². The number of nitrogens with zero attached hydrogens (tertiary/aromatic N) is 1. The molecule has 7 nitrogen and oxygen atoms in total. The predicted octanol–water partition coefficient (Wildman–Crippen LogP) is 6.41. The van der Waals surface area contributed by atoms with Crippen molar-refractivity contribution < 1.29 is 14.3 Å². The van der Waals surface area contributed by atoms with Crippen LogP contribution in [-0.4, -0.2) is 16.9 Å². The highest BCUT2D eigenvalue weighted by Gasteiger charge is 2.11. The second-order valence-corrected chi connectivity index (χ2v) is 8.19. The van der Waals surface area contributed by atoms with Gasteiger partial charge in [-0.05, 0) is 60.7 Å². The van der Waals surface area contributed by atoms with Crippen molar-refractivity contribution in [3.05, 3.63) is 95.0 Å². The first-order valence-corrected chi connectivity index (χ1v) is 11.2. The first kappa shape index (κ1) is 22.3. The molecule has 0 bridgehead atoms. The van der Waals surface area contributed by atoms with Crippen molar-refractivity contribution in [2.75, 3.05) is 16.0 Å². The number of rotatable bonds is 7. The van der Waals surface area contributed by atoms with Gasteiger partial charge in [0.05, 0.1) is 12.1 Å². The van der Waals surface area contributed by atoms with E-state index >= 15 is 0 Å². The molecule has 4 rings (SSSR count). The maximum Gasteiger partial charge on any atom is 0.325 e. The molecule has 1 heterocycles. The van der Waals surface area contributed by atoms with E-state index in [-0.39, 0.29) is 12.3 Å². The molecule has 0 radical (unpaired) electrons. The Balaban J connectivity index is 1.26. The number of carbonyl (C=O) groups is 2. The van der Waals surface area contributed by atoms with Crippen LogP contribution in [0.2, 0.25) is 5.02 Å². The molecule has 1 aromatic heterocycles. The van der Waals surface area contributed by atoms with E-state index in [2.05, 4.69) is 20.9 Å². The Morgan fingerprint density at radius 3 is 2.18 bits per heavy atom. The van der Waals surface area contributed by atoms with Crippen molar-refractivity contribution in [3.8, 4) is 11.5 Å². The fourth-order valence-electron chi connectivity index (χ4n) is 2.84. The molecule has 0 aliphatic heterocycles. The van der Waals surface area contributed by atoms with E-state index in [9.17, 15) is 9.59 Å². The van der Waals surface area contributed by atoms with Gasteiger partial charge in [0.2, 0.25) is 5.91 Å². The Kier molecular flexibility index (Phi) is 7.19. The van der Waals surface area contributed by atoms with Crippen molar-refractivity contribution in [2.24, 2.45) is 0 Å². The third-order valence-corrected chi connectivity index (χ3v) is 5.39. The number of benzene rings is 3. The van der Waals surface area contributed by atoms with E-state index in [1.807, 2.05) is 30.3 Å². The second kappa shape index (κ2) is 10.6. The van der Waals surface area contributed by atoms with Gasteiger partial charge in [0.1, 0.15) is 11.5 Å². The summed E-state index contributed by atoms with van der Waals surface area (Å²) in [6.07, 6.45) is 0.0826. The molecule has 0 atom stereocenters. The van der Waals surface area contributed by atoms with E-state index in [0.717, 1.165) is 5.75 Å². The monoisotopic (exact) mass is 478 g/mol. The lowest BCUT2D eigenvalue weighted by molar-refractivity contribution is -0.115. The number of halogens is 1. The molecule has 33 heavy (non-hydrogen) atoms. The van der Waals surface area contributed by atoms with Gasteiger partial charge in [-0.3, -0.25) is 10.1 Å². The molecule has 0 fully saturated rings. The number of para-hydroxylation sites is 1. The van der Waals surface area contributed by atoms with Crippen LogP contribution in [0, 0.1) is 0 Å². The third-order valence-electron chi connectivity index (χ3n) is 4.33. The van der Waals surface area contributed by atoms with Crippen molar-refractivity contribution in [1.29, 1.82) is 0 Å². The minimum absolute atomic E-state index is 0.0826. The van der Waals surface area contributed by atoms with Gasteiger partial charge >= 0.3 is 6.03 Å². The summed E-state index contributed by atoms with van der Waals surface area (Å²) in [5.74, 6) is 1.20. The quantitative estimate of drug-likeness (QED) is 0.286. The summed E-state index contributed by atoms with van der Waals surface area (Å²) in [7, 11) is 0. The highest BCUT2D eigenvalue weighted by atomic mass is 35.5. The van der Waals surface area contributed by atoms with E-state index in [1.54, 1.807) is 53.9 Å². The lowest BCUT2D eigenvalue weighted by atomic mass is 10.2. The number of aromatic nitrogens is 1. The second-order valence-electron chi connectivity index (χ2n) is 6.89. The van der Waals surface area contributed by atoms with Gasteiger partial charge in [-0.1, -0.05) is 29.8 Å². The molecule has 4 aromatic rings. The molecule has 3 aromatic carbocycles. The number of anilines is 3. The lowest BCUT2D eigenvalue weighted by Crippen LogP contribution is -2.19. The standard InChI is InChI=1S/C24H19ClN4O3S/c25-16-6-8-18(9-7-16)27-23(31)29-24-28-19(15-33-24)14-22(30)26-17-10-12-21(13-11-17)32-20-4-2-1-3-5-20/h1-13,15H,14H2,(H,26,30)(H2,27,28,29,31). The first-order valence-electron chi connectivity index (χ1n) is 9.94. The summed E-state index contributed by atoms with van der Waals surface area (Å²) in [6.45, 7) is 0. The molecular formula is C24H19ClN4O3S. The van der Waals surface area contributed by atoms with Gasteiger partial charge in [-0.25, -0.2) is 9.78 Å². The third kappa shape index (κ3) is 6.80. The fraction of sp³-hybridized carbons (Fsp3) is 0.0417. The van der Waals surface area contributed by atoms with Crippen LogP contribution in [0.25, 0.3) is 0 Å². The number of carbonyl (C=O) groups excluding carboxylic acids is 2. The largest absolute Gasteiger partial charge is 0.457 e. The number of hydrogen-bond donors (Lipinski definition) is 3. The highest BCUT2D eigenvalue weighted by Crippen LogP contribution is 2.23. The highest BCUT2D eigenvalue weighted by molar-refractivity contribution is 7.14. The molecule has 0 unspecified atom stereocenters. The Hall–Kier alpha value is -3.88. The van der Waals surface area contributed by atoms with E-state index in [4.69, 9.17) is 16.3 Å². The van der Waals surface area contributed by atoms with Gasteiger partial charge < -0.3 is 15.4 Å². The number of ether oxygens (including phenoxy) is 1. The topological polar surface area (TPSA) is 92.4 Å². The molecule has 9 heteroatoms. The van der Waals surface area contributed by atoms with Crippen LogP contribution in [-0.2, 0) is 11.2 Å². The Morgan fingerprint density at radius 2 is 1.45 bits per heavy atom. The summed E-state index contributed by atoms with van der Waals surface area (Å²) in [6, 6.07) is 22.9. The number of hydrogen-bond acceptors (Lipinski definition) is 5. The van der Waals surface area contributed by atoms with Gasteiger partial charge in [-0.2, -0.15) is 0 Å². The number of amides is 3. The van der Waals surface area contributed by atoms with Crippen LogP contribution < -0.4 is 20.7 Å². The number of nitrogens with one attached hydrogen (secondary N) is 3. The fourth-order valence-corrected chi connectivity index (χ4v) is 3.67. The van der Waals surface area contributed by atoms with E-state index < -0.39 is 6.03 Å². The van der Waals surface area contributed by atoms with E-state index in [0.29, 0.717) is 33.0 Å². The molecule has 0 aliphatic rings. The summed E-state index contributed by atoms with van der Waals surface area (Å²) in [5.41, 5.74) is 1.81. The molecule has 3 amide bonds. The summed E-state index contributed by atoms with van der Waals surface area (Å²) in [5, 5.41) is 10.9. The van der Waals surface area contributed by atoms with Gasteiger partial charge in [0.15, 0.2) is 5.13 Å². The van der Waals surface area contributed by atoms with Crippen molar-refractivity contribution in [2.45, 2.75) is 6.42 Å². The lowest BCUT2D eigenvalue weighted by Gasteiger charge is -2.08. The molecule has 166 valence electrons. The summed E-state index contributed by atoms with van der Waals surface area (Å²) >= 11 is 7.08. The minimum Gasteiger partial charge on any atom is -0.457 e. The number of urea groups is 1. The van der Waals surface area contributed by atoms with Crippen LogP contribution in [0.5, 0.6) is 11.5 Å². The first-order chi connectivity index (χ1) is 16.0. The SMILES string of the molecule is O=C(Cc1csc(NC(=O)Nc2ccc(Cl)cc2)n1)Nc1ccc(Oc2ccccc2)cc1. The minimum atomic E-state index is -0.430. The van der Waals surface area contributed by atoms with Crippen molar-refractivity contribution >= 4 is 51.4 Å². The van der Waals surface area contributed by atoms with Crippen LogP contribution >= 0.6 is 22.9 Å². The van der Waals surface area contributed by atoms with Crippen LogP contribution in [0.4, 0.5) is 21.3 Å². The van der Waals surface area contributed by atoms with Gasteiger partial charge in [-0.15, -0.1) is 11.3 Å². The van der Waals surface area contributed by atoms with Crippen molar-refractivity contribution in [3.63, 3.8) is 0 Å². The molecule has 0 saturated heterocycles. The van der Waals surface area contributed by atoms with Crippen molar-refractivity contribution in [1.82, 2.24) is 4.98 Å². The van der Waals surface area contributed by atoms with Crippen LogP contribution in [0.3, 0.4) is 0 Å². The maximum atomic E-state index is 12.4. The van der Waals surface area contributed by atoms with E-state index in [1.165, 1.54) is 11.3 Å². The Morgan fingerprint density at radius 1 is 0.818 bits per heavy atom. The summed E-state index contributed by atoms with van der Waals surface area (Å²) in [4.78, 5) is 28.8. The van der Waals surface area contributed by atoms with Gasteiger partial charge in [0, 0.05) is 21.8 Å². The number of thiazole rings is 1. The van der Waals surface area contributed by atoms with Crippen LogP contribution in [0.15, 0.2) is 84.2 Å². The molecule has 0 spiro atoms. The predicted molar refractivity (Wildman–Crippen MR) is 131 cm³/mol.